The number of ketones is 2. The Morgan fingerprint density at radius 2 is 1.59 bits per heavy atom. The largest absolute Gasteiger partial charge is 0.356 e. The number of anilines is 1. The summed E-state index contributed by atoms with van der Waals surface area (Å²) in [5, 5.41) is 6.00. The van der Waals surface area contributed by atoms with Crippen molar-refractivity contribution >= 4 is 57.8 Å². The Bertz CT molecular complexity index is 715. The molecular formula is C14H12Cl3N3O2. The number of hydrogen-bond acceptors (Lipinski definition) is 4. The molecule has 1 aromatic heterocycles. The standard InChI is InChI=1S/C14H12Cl3N3O2/c15-9-8(12(21)10(16)11(17)13(9)22)7-6-18-19-14(7)20-4-2-1-3-5-20/h6H,1-5H2,(H,18,19). The summed E-state index contributed by atoms with van der Waals surface area (Å²) >= 11 is 17.7. The van der Waals surface area contributed by atoms with Gasteiger partial charge in [-0.1, -0.05) is 34.8 Å². The SMILES string of the molecule is O=C1C(Cl)=C(Cl)C(=O)C(c2cn[nH]c2N2CCCCC2)=C1Cl. The van der Waals surface area contributed by atoms with Crippen molar-refractivity contribution in [3.8, 4) is 0 Å². The number of allylic oxidation sites excluding steroid dienone is 4. The molecule has 0 spiro atoms. The van der Waals surface area contributed by atoms with E-state index in [1.807, 2.05) is 0 Å². The quantitative estimate of drug-likeness (QED) is 0.823. The minimum Gasteiger partial charge on any atom is -0.356 e. The molecule has 5 nitrogen and oxygen atoms in total. The molecule has 0 atom stereocenters. The van der Waals surface area contributed by atoms with E-state index in [9.17, 15) is 9.59 Å². The first-order valence-electron chi connectivity index (χ1n) is 6.85. The Hall–Kier alpha value is -1.30. The lowest BCUT2D eigenvalue weighted by atomic mass is 9.96. The van der Waals surface area contributed by atoms with Gasteiger partial charge in [0.25, 0.3) is 0 Å². The predicted octanol–water partition coefficient (Wildman–Crippen LogP) is 3.19. The maximum absolute atomic E-state index is 12.4. The molecule has 0 unspecified atom stereocenters. The summed E-state index contributed by atoms with van der Waals surface area (Å²) in [4.78, 5) is 26.5. The maximum Gasteiger partial charge on any atom is 0.218 e. The van der Waals surface area contributed by atoms with E-state index in [0.717, 1.165) is 25.9 Å². The van der Waals surface area contributed by atoms with Gasteiger partial charge in [-0.2, -0.15) is 5.10 Å². The molecule has 2 aliphatic rings. The van der Waals surface area contributed by atoms with Crippen molar-refractivity contribution in [1.82, 2.24) is 10.2 Å². The predicted molar refractivity (Wildman–Crippen MR) is 86.2 cm³/mol. The first kappa shape index (κ1) is 15.6. The van der Waals surface area contributed by atoms with Crippen molar-refractivity contribution < 1.29 is 9.59 Å². The zero-order valence-electron chi connectivity index (χ0n) is 11.5. The molecular weight excluding hydrogens is 349 g/mol. The van der Waals surface area contributed by atoms with E-state index in [1.54, 1.807) is 0 Å². The molecule has 0 saturated carbocycles. The van der Waals surface area contributed by atoms with Gasteiger partial charge in [-0.05, 0) is 19.3 Å². The maximum atomic E-state index is 12.4. The monoisotopic (exact) mass is 359 g/mol. The van der Waals surface area contributed by atoms with Gasteiger partial charge in [-0.3, -0.25) is 14.7 Å². The molecule has 1 N–H and O–H groups in total. The second-order valence-electron chi connectivity index (χ2n) is 5.16. The fourth-order valence-corrected chi connectivity index (χ4v) is 3.37. The number of nitrogens with zero attached hydrogens (tertiary/aromatic N) is 2. The van der Waals surface area contributed by atoms with Crippen LogP contribution in [-0.2, 0) is 9.59 Å². The topological polar surface area (TPSA) is 66.1 Å². The van der Waals surface area contributed by atoms with Crippen molar-refractivity contribution in [3.05, 3.63) is 26.9 Å². The van der Waals surface area contributed by atoms with E-state index < -0.39 is 11.6 Å². The van der Waals surface area contributed by atoms with Crippen LogP contribution in [0, 0.1) is 0 Å². The first-order chi connectivity index (χ1) is 10.5. The van der Waals surface area contributed by atoms with Gasteiger partial charge in [0.05, 0.1) is 11.8 Å². The van der Waals surface area contributed by atoms with Crippen LogP contribution >= 0.6 is 34.8 Å². The molecule has 0 amide bonds. The number of carbonyl (C=O) groups is 2. The molecule has 0 bridgehead atoms. The van der Waals surface area contributed by atoms with Gasteiger partial charge >= 0.3 is 0 Å². The van der Waals surface area contributed by atoms with Crippen LogP contribution in [0.3, 0.4) is 0 Å². The number of halogens is 3. The third-order valence-electron chi connectivity index (χ3n) is 3.80. The normalized spacial score (nSPS) is 20.2. The van der Waals surface area contributed by atoms with Gasteiger partial charge in [0.1, 0.15) is 20.9 Å². The second kappa shape index (κ2) is 6.07. The molecule has 0 radical (unpaired) electrons. The highest BCUT2D eigenvalue weighted by Crippen LogP contribution is 2.39. The Morgan fingerprint density at radius 3 is 2.27 bits per heavy atom. The lowest BCUT2D eigenvalue weighted by Crippen LogP contribution is -2.31. The minimum atomic E-state index is -0.645. The van der Waals surface area contributed by atoms with Crippen LogP contribution in [0.1, 0.15) is 24.8 Å². The molecule has 1 aliphatic carbocycles. The minimum absolute atomic E-state index is 0.0513. The molecule has 1 aliphatic heterocycles. The van der Waals surface area contributed by atoms with Crippen molar-refractivity contribution in [1.29, 1.82) is 0 Å². The zero-order valence-corrected chi connectivity index (χ0v) is 13.7. The highest BCUT2D eigenvalue weighted by Gasteiger charge is 2.35. The highest BCUT2D eigenvalue weighted by atomic mass is 35.5. The zero-order chi connectivity index (χ0) is 15.9. The number of aromatic amines is 1. The summed E-state index contributed by atoms with van der Waals surface area (Å²) in [7, 11) is 0. The second-order valence-corrected chi connectivity index (χ2v) is 6.29. The summed E-state index contributed by atoms with van der Waals surface area (Å²) in [5.41, 5.74) is 0.531. The summed E-state index contributed by atoms with van der Waals surface area (Å²) in [6, 6.07) is 0. The molecule has 3 rings (SSSR count). The molecule has 1 fully saturated rings. The Kier molecular flexibility index (Phi) is 4.30. The number of nitrogens with one attached hydrogen (secondary N) is 1. The number of carbonyl (C=O) groups excluding carboxylic acids is 2. The molecule has 1 aromatic rings. The molecule has 22 heavy (non-hydrogen) atoms. The van der Waals surface area contributed by atoms with Crippen molar-refractivity contribution in [3.63, 3.8) is 0 Å². The number of piperidine rings is 1. The van der Waals surface area contributed by atoms with Crippen molar-refractivity contribution in [2.45, 2.75) is 19.3 Å². The van der Waals surface area contributed by atoms with Crippen molar-refractivity contribution in [2.75, 3.05) is 18.0 Å². The lowest BCUT2D eigenvalue weighted by Gasteiger charge is -2.28. The Morgan fingerprint density at radius 1 is 0.955 bits per heavy atom. The van der Waals surface area contributed by atoms with Crippen molar-refractivity contribution in [2.24, 2.45) is 0 Å². The van der Waals surface area contributed by atoms with Crippen LogP contribution < -0.4 is 4.90 Å². The third kappa shape index (κ3) is 2.47. The van der Waals surface area contributed by atoms with Gasteiger partial charge in [0.2, 0.25) is 11.6 Å². The van der Waals surface area contributed by atoms with Gasteiger partial charge in [0.15, 0.2) is 0 Å². The third-order valence-corrected chi connectivity index (χ3v) is 4.98. The number of aromatic nitrogens is 2. The van der Waals surface area contributed by atoms with E-state index in [-0.39, 0.29) is 20.7 Å². The molecule has 2 heterocycles. The summed E-state index contributed by atoms with van der Waals surface area (Å²) < 4.78 is 0. The number of hydrogen-bond donors (Lipinski definition) is 1. The van der Waals surface area contributed by atoms with Crippen LogP contribution in [0.5, 0.6) is 0 Å². The number of Topliss-reactive ketones (excluding diaryl/α,β-unsaturated/α-hetero) is 2. The van der Waals surface area contributed by atoms with E-state index in [4.69, 9.17) is 34.8 Å². The Balaban J connectivity index is 2.06. The van der Waals surface area contributed by atoms with Crippen LogP contribution in [0.15, 0.2) is 21.3 Å². The van der Waals surface area contributed by atoms with Crippen LogP contribution in [0.2, 0.25) is 0 Å². The van der Waals surface area contributed by atoms with E-state index in [1.165, 1.54) is 12.6 Å². The Labute approximate surface area is 141 Å². The van der Waals surface area contributed by atoms with Gasteiger partial charge in [-0.15, -0.1) is 0 Å². The van der Waals surface area contributed by atoms with E-state index in [0.29, 0.717) is 11.4 Å². The molecule has 8 heteroatoms. The summed E-state index contributed by atoms with van der Waals surface area (Å²) in [6.45, 7) is 1.71. The first-order valence-corrected chi connectivity index (χ1v) is 7.99. The molecule has 1 saturated heterocycles. The number of rotatable bonds is 2. The summed E-state index contributed by atoms with van der Waals surface area (Å²) in [5.74, 6) is -0.527. The van der Waals surface area contributed by atoms with Gasteiger partial charge < -0.3 is 4.90 Å². The number of H-pyrrole nitrogens is 1. The molecule has 0 aromatic carbocycles. The van der Waals surface area contributed by atoms with E-state index >= 15 is 0 Å². The fourth-order valence-electron chi connectivity index (χ4n) is 2.68. The average molecular weight is 361 g/mol. The smallest absolute Gasteiger partial charge is 0.218 e. The average Bonchev–Trinajstić information content (AvgIpc) is 3.01. The molecule has 116 valence electrons. The van der Waals surface area contributed by atoms with Gasteiger partial charge in [0, 0.05) is 18.7 Å². The lowest BCUT2D eigenvalue weighted by molar-refractivity contribution is -0.114. The fraction of sp³-hybridized carbons (Fsp3) is 0.357. The van der Waals surface area contributed by atoms with Crippen LogP contribution in [0.25, 0.3) is 5.57 Å². The van der Waals surface area contributed by atoms with Gasteiger partial charge in [-0.25, -0.2) is 0 Å². The van der Waals surface area contributed by atoms with E-state index in [2.05, 4.69) is 15.1 Å². The highest BCUT2D eigenvalue weighted by molar-refractivity contribution is 6.68. The summed E-state index contributed by atoms with van der Waals surface area (Å²) in [6.07, 6.45) is 4.77. The van der Waals surface area contributed by atoms with Crippen LogP contribution in [0.4, 0.5) is 5.82 Å². The van der Waals surface area contributed by atoms with Crippen LogP contribution in [-0.4, -0.2) is 34.9 Å².